The molecule has 1 atom stereocenters. The standard InChI is InChI=1S/C8H13BrN4O/c1-6(2-10)12-8(14)5-13-4-7(9)3-11-13/h3-4,6H,2,5,10H2,1H3,(H,12,14)/t6-/m1/s1. The molecule has 1 amide bonds. The number of hydrogen-bond donors (Lipinski definition) is 2. The summed E-state index contributed by atoms with van der Waals surface area (Å²) in [7, 11) is 0. The SMILES string of the molecule is C[C@H](CN)NC(=O)Cn1cc(Br)cn1. The van der Waals surface area contributed by atoms with Crippen LogP contribution in [0.25, 0.3) is 0 Å². The van der Waals surface area contributed by atoms with E-state index in [4.69, 9.17) is 5.73 Å². The third-order valence-electron chi connectivity index (χ3n) is 1.67. The number of rotatable bonds is 4. The molecule has 1 heterocycles. The minimum atomic E-state index is -0.0847. The van der Waals surface area contributed by atoms with Gasteiger partial charge in [-0.3, -0.25) is 9.48 Å². The van der Waals surface area contributed by atoms with E-state index in [1.54, 1.807) is 17.1 Å². The molecule has 0 aromatic carbocycles. The van der Waals surface area contributed by atoms with Gasteiger partial charge in [0.05, 0.1) is 10.7 Å². The van der Waals surface area contributed by atoms with E-state index in [0.717, 1.165) is 4.47 Å². The smallest absolute Gasteiger partial charge is 0.241 e. The van der Waals surface area contributed by atoms with Crippen molar-refractivity contribution in [2.45, 2.75) is 19.5 Å². The molecule has 0 aliphatic heterocycles. The summed E-state index contributed by atoms with van der Waals surface area (Å²) in [5.74, 6) is -0.0847. The van der Waals surface area contributed by atoms with Crippen molar-refractivity contribution in [2.24, 2.45) is 5.73 Å². The van der Waals surface area contributed by atoms with E-state index in [-0.39, 0.29) is 18.5 Å². The van der Waals surface area contributed by atoms with E-state index in [2.05, 4.69) is 26.3 Å². The summed E-state index contributed by atoms with van der Waals surface area (Å²) in [6, 6.07) is 0.00139. The maximum atomic E-state index is 11.3. The first kappa shape index (κ1) is 11.2. The van der Waals surface area contributed by atoms with E-state index in [1.807, 2.05) is 6.92 Å². The molecule has 0 saturated carbocycles. The van der Waals surface area contributed by atoms with E-state index in [1.165, 1.54) is 0 Å². The van der Waals surface area contributed by atoms with Crippen LogP contribution < -0.4 is 11.1 Å². The molecular formula is C8H13BrN4O. The van der Waals surface area contributed by atoms with Crippen molar-refractivity contribution in [3.8, 4) is 0 Å². The molecule has 1 rings (SSSR count). The molecular weight excluding hydrogens is 248 g/mol. The lowest BCUT2D eigenvalue weighted by Gasteiger charge is -2.10. The van der Waals surface area contributed by atoms with Crippen molar-refractivity contribution in [3.05, 3.63) is 16.9 Å². The fourth-order valence-corrected chi connectivity index (χ4v) is 1.28. The van der Waals surface area contributed by atoms with Gasteiger partial charge < -0.3 is 11.1 Å². The molecule has 78 valence electrons. The van der Waals surface area contributed by atoms with Crippen LogP contribution in [-0.2, 0) is 11.3 Å². The van der Waals surface area contributed by atoms with Crippen LogP contribution in [0, 0.1) is 0 Å². The zero-order valence-electron chi connectivity index (χ0n) is 7.90. The Bertz CT molecular complexity index is 312. The fourth-order valence-electron chi connectivity index (χ4n) is 0.951. The maximum Gasteiger partial charge on any atom is 0.241 e. The lowest BCUT2D eigenvalue weighted by molar-refractivity contribution is -0.122. The Morgan fingerprint density at radius 1 is 1.86 bits per heavy atom. The summed E-state index contributed by atoms with van der Waals surface area (Å²) in [6.07, 6.45) is 3.38. The second kappa shape index (κ2) is 5.11. The summed E-state index contributed by atoms with van der Waals surface area (Å²) in [4.78, 5) is 11.3. The molecule has 0 radical (unpaired) electrons. The van der Waals surface area contributed by atoms with Crippen LogP contribution in [-0.4, -0.2) is 28.3 Å². The molecule has 1 aromatic rings. The Morgan fingerprint density at radius 2 is 2.57 bits per heavy atom. The summed E-state index contributed by atoms with van der Waals surface area (Å²) in [5.41, 5.74) is 5.37. The van der Waals surface area contributed by atoms with Gasteiger partial charge in [0.25, 0.3) is 0 Å². The summed E-state index contributed by atoms with van der Waals surface area (Å²) in [5, 5.41) is 6.71. The van der Waals surface area contributed by atoms with Crippen LogP contribution in [0.3, 0.4) is 0 Å². The van der Waals surface area contributed by atoms with Crippen LogP contribution in [0.2, 0.25) is 0 Å². The predicted molar refractivity (Wildman–Crippen MR) is 56.6 cm³/mol. The number of nitrogens with zero attached hydrogens (tertiary/aromatic N) is 2. The Hall–Kier alpha value is -0.880. The predicted octanol–water partition coefficient (Wildman–Crippen LogP) is 0.109. The summed E-state index contributed by atoms with van der Waals surface area (Å²) in [6.45, 7) is 2.52. The van der Waals surface area contributed by atoms with Crippen molar-refractivity contribution in [2.75, 3.05) is 6.54 Å². The Morgan fingerprint density at radius 3 is 3.07 bits per heavy atom. The monoisotopic (exact) mass is 260 g/mol. The first-order chi connectivity index (χ1) is 6.61. The minimum Gasteiger partial charge on any atom is -0.351 e. The van der Waals surface area contributed by atoms with Crippen LogP contribution in [0.5, 0.6) is 0 Å². The van der Waals surface area contributed by atoms with E-state index >= 15 is 0 Å². The maximum absolute atomic E-state index is 11.3. The number of nitrogens with two attached hydrogens (primary N) is 1. The van der Waals surface area contributed by atoms with Gasteiger partial charge in [-0.25, -0.2) is 0 Å². The molecule has 14 heavy (non-hydrogen) atoms. The number of carbonyl (C=O) groups is 1. The first-order valence-corrected chi connectivity index (χ1v) is 5.08. The number of nitrogens with one attached hydrogen (secondary N) is 1. The molecule has 0 aliphatic rings. The first-order valence-electron chi connectivity index (χ1n) is 4.29. The highest BCUT2D eigenvalue weighted by Gasteiger charge is 2.06. The largest absolute Gasteiger partial charge is 0.351 e. The summed E-state index contributed by atoms with van der Waals surface area (Å²) < 4.78 is 2.42. The molecule has 0 fully saturated rings. The molecule has 1 aromatic heterocycles. The van der Waals surface area contributed by atoms with Gasteiger partial charge in [-0.15, -0.1) is 0 Å². The third-order valence-corrected chi connectivity index (χ3v) is 2.08. The van der Waals surface area contributed by atoms with Gasteiger partial charge in [0, 0.05) is 18.8 Å². The molecule has 0 saturated heterocycles. The highest BCUT2D eigenvalue weighted by atomic mass is 79.9. The normalized spacial score (nSPS) is 12.5. The Kier molecular flexibility index (Phi) is 4.09. The quantitative estimate of drug-likeness (QED) is 0.807. The molecule has 3 N–H and O–H groups in total. The second-order valence-corrected chi connectivity index (χ2v) is 3.98. The van der Waals surface area contributed by atoms with Crippen LogP contribution in [0.15, 0.2) is 16.9 Å². The lowest BCUT2D eigenvalue weighted by atomic mass is 10.3. The molecule has 0 spiro atoms. The number of amides is 1. The average Bonchev–Trinajstić information content (AvgIpc) is 2.50. The zero-order valence-corrected chi connectivity index (χ0v) is 9.49. The second-order valence-electron chi connectivity index (χ2n) is 3.06. The number of halogens is 1. The van der Waals surface area contributed by atoms with E-state index in [9.17, 15) is 4.79 Å². The van der Waals surface area contributed by atoms with Crippen molar-refractivity contribution in [1.29, 1.82) is 0 Å². The van der Waals surface area contributed by atoms with Crippen molar-refractivity contribution in [3.63, 3.8) is 0 Å². The number of hydrogen-bond acceptors (Lipinski definition) is 3. The van der Waals surface area contributed by atoms with Crippen LogP contribution in [0.4, 0.5) is 0 Å². The molecule has 6 heteroatoms. The van der Waals surface area contributed by atoms with Gasteiger partial charge >= 0.3 is 0 Å². The van der Waals surface area contributed by atoms with Gasteiger partial charge in [-0.2, -0.15) is 5.10 Å². The van der Waals surface area contributed by atoms with E-state index < -0.39 is 0 Å². The van der Waals surface area contributed by atoms with Gasteiger partial charge in [-0.05, 0) is 22.9 Å². The molecule has 0 unspecified atom stereocenters. The molecule has 5 nitrogen and oxygen atoms in total. The number of carbonyl (C=O) groups excluding carboxylic acids is 1. The van der Waals surface area contributed by atoms with Crippen molar-refractivity contribution in [1.82, 2.24) is 15.1 Å². The molecule has 0 bridgehead atoms. The minimum absolute atomic E-state index is 0.00139. The number of aromatic nitrogens is 2. The molecule has 0 aliphatic carbocycles. The highest BCUT2D eigenvalue weighted by molar-refractivity contribution is 9.10. The summed E-state index contributed by atoms with van der Waals surface area (Å²) >= 11 is 3.25. The zero-order chi connectivity index (χ0) is 10.6. The van der Waals surface area contributed by atoms with Gasteiger partial charge in [0.15, 0.2) is 0 Å². The van der Waals surface area contributed by atoms with Crippen LogP contribution in [0.1, 0.15) is 6.92 Å². The van der Waals surface area contributed by atoms with Gasteiger partial charge in [0.1, 0.15) is 6.54 Å². The van der Waals surface area contributed by atoms with Gasteiger partial charge in [0.2, 0.25) is 5.91 Å². The van der Waals surface area contributed by atoms with Crippen molar-refractivity contribution < 1.29 is 4.79 Å². The Labute approximate surface area is 90.8 Å². The average molecular weight is 261 g/mol. The third kappa shape index (κ3) is 3.47. The fraction of sp³-hybridized carbons (Fsp3) is 0.500. The van der Waals surface area contributed by atoms with Crippen LogP contribution >= 0.6 is 15.9 Å². The highest BCUT2D eigenvalue weighted by Crippen LogP contribution is 2.05. The Balaban J connectivity index is 2.41. The van der Waals surface area contributed by atoms with Crippen molar-refractivity contribution >= 4 is 21.8 Å². The van der Waals surface area contributed by atoms with Gasteiger partial charge in [-0.1, -0.05) is 0 Å². The van der Waals surface area contributed by atoms with E-state index in [0.29, 0.717) is 6.54 Å². The lowest BCUT2D eigenvalue weighted by Crippen LogP contribution is -2.39. The topological polar surface area (TPSA) is 72.9 Å².